The molecule has 2 amide bonds. The molecule has 3 rings (SSSR count). The number of carbonyl (C=O) groups excluding carboxylic acids is 2. The summed E-state index contributed by atoms with van der Waals surface area (Å²) in [5, 5.41) is 2.82. The first-order valence-electron chi connectivity index (χ1n) is 10.8. The van der Waals surface area contributed by atoms with Gasteiger partial charge in [0.1, 0.15) is 5.82 Å². The lowest BCUT2D eigenvalue weighted by Crippen LogP contribution is -2.49. The summed E-state index contributed by atoms with van der Waals surface area (Å²) in [6.07, 6.45) is 0.404. The third kappa shape index (κ3) is 5.99. The Morgan fingerprint density at radius 3 is 2.38 bits per heavy atom. The highest BCUT2D eigenvalue weighted by molar-refractivity contribution is 5.96. The topological polar surface area (TPSA) is 65.5 Å². The first-order valence-corrected chi connectivity index (χ1v) is 10.8. The van der Waals surface area contributed by atoms with E-state index in [0.29, 0.717) is 44.1 Å². The number of carbonyl (C=O) groups is 2. The molecule has 172 valence electrons. The second-order valence-electron chi connectivity index (χ2n) is 7.73. The number of amides is 2. The largest absolute Gasteiger partial charge is 0.417 e. The van der Waals surface area contributed by atoms with Gasteiger partial charge in [-0.2, -0.15) is 13.2 Å². The molecule has 1 fully saturated rings. The molecule has 0 saturated carbocycles. The lowest BCUT2D eigenvalue weighted by atomic mass is 10.1. The summed E-state index contributed by atoms with van der Waals surface area (Å²) in [4.78, 5) is 32.4. The molecule has 0 spiro atoms. The Kier molecular flexibility index (Phi) is 7.71. The number of alkyl halides is 3. The maximum absolute atomic E-state index is 13.2. The minimum absolute atomic E-state index is 0.0423. The number of pyridine rings is 1. The molecule has 1 saturated heterocycles. The van der Waals surface area contributed by atoms with Crippen LogP contribution >= 0.6 is 0 Å². The van der Waals surface area contributed by atoms with Crippen LogP contribution < -0.4 is 10.2 Å². The zero-order valence-electron chi connectivity index (χ0n) is 18.0. The van der Waals surface area contributed by atoms with Crippen molar-refractivity contribution in [3.05, 3.63) is 53.7 Å². The summed E-state index contributed by atoms with van der Waals surface area (Å²) in [6, 6.07) is 8.43. The van der Waals surface area contributed by atoms with Crippen molar-refractivity contribution in [3.8, 4) is 0 Å². The molecule has 1 aliphatic heterocycles. The molecule has 9 heteroatoms. The number of halogens is 3. The van der Waals surface area contributed by atoms with Gasteiger partial charge in [0, 0.05) is 32.6 Å². The van der Waals surface area contributed by atoms with Crippen LogP contribution in [0.25, 0.3) is 0 Å². The van der Waals surface area contributed by atoms with E-state index in [1.165, 1.54) is 23.1 Å². The van der Waals surface area contributed by atoms with Crippen molar-refractivity contribution < 1.29 is 22.8 Å². The standard InChI is InChI=1S/C23H27F3N4O2/c1-2-3-4-9-21(31)28-17-10-11-20(27-16-17)29-12-14-30(15-13-29)22(32)18-7-5-6-8-19(18)23(24,25)26/h5-8,10-11,16H,2-4,9,12-15H2,1H3,(H,28,31). The third-order valence-electron chi connectivity index (χ3n) is 5.39. The minimum atomic E-state index is -4.58. The van der Waals surface area contributed by atoms with Crippen LogP contribution in [0.2, 0.25) is 0 Å². The van der Waals surface area contributed by atoms with Gasteiger partial charge < -0.3 is 15.1 Å². The minimum Gasteiger partial charge on any atom is -0.353 e. The summed E-state index contributed by atoms with van der Waals surface area (Å²) in [5.41, 5.74) is -0.625. The molecule has 6 nitrogen and oxygen atoms in total. The van der Waals surface area contributed by atoms with Crippen LogP contribution in [0, 0.1) is 0 Å². The van der Waals surface area contributed by atoms with Gasteiger partial charge >= 0.3 is 6.18 Å². The smallest absolute Gasteiger partial charge is 0.353 e. The monoisotopic (exact) mass is 448 g/mol. The van der Waals surface area contributed by atoms with Crippen LogP contribution in [-0.2, 0) is 11.0 Å². The summed E-state index contributed by atoms with van der Waals surface area (Å²) >= 11 is 0. The molecule has 1 aromatic carbocycles. The first kappa shape index (κ1) is 23.6. The van der Waals surface area contributed by atoms with Gasteiger partial charge in [-0.1, -0.05) is 31.9 Å². The van der Waals surface area contributed by atoms with Crippen LogP contribution in [0.5, 0.6) is 0 Å². The Balaban J connectivity index is 1.56. The van der Waals surface area contributed by atoms with Crippen LogP contribution in [0.1, 0.15) is 48.5 Å². The highest BCUT2D eigenvalue weighted by Crippen LogP contribution is 2.32. The van der Waals surface area contributed by atoms with Gasteiger partial charge in [0.25, 0.3) is 5.91 Å². The number of benzene rings is 1. The molecule has 32 heavy (non-hydrogen) atoms. The molecule has 0 aliphatic carbocycles. The maximum Gasteiger partial charge on any atom is 0.417 e. The molecule has 2 aromatic rings. The number of rotatable bonds is 7. The van der Waals surface area contributed by atoms with Crippen molar-refractivity contribution in [2.24, 2.45) is 0 Å². The summed E-state index contributed by atoms with van der Waals surface area (Å²) in [6.45, 7) is 3.58. The van der Waals surface area contributed by atoms with E-state index in [2.05, 4.69) is 17.2 Å². The lowest BCUT2D eigenvalue weighted by Gasteiger charge is -2.35. The molecular formula is C23H27F3N4O2. The van der Waals surface area contributed by atoms with Crippen LogP contribution in [0.4, 0.5) is 24.7 Å². The Bertz CT molecular complexity index is 924. The fourth-order valence-electron chi connectivity index (χ4n) is 3.63. The Labute approximate surface area is 185 Å². The van der Waals surface area contributed by atoms with E-state index >= 15 is 0 Å². The highest BCUT2D eigenvalue weighted by atomic mass is 19.4. The average molecular weight is 448 g/mol. The zero-order valence-corrected chi connectivity index (χ0v) is 18.0. The predicted octanol–water partition coefficient (Wildman–Crippen LogP) is 4.58. The van der Waals surface area contributed by atoms with Crippen molar-refractivity contribution in [2.75, 3.05) is 36.4 Å². The van der Waals surface area contributed by atoms with Gasteiger partial charge in [0.2, 0.25) is 5.91 Å². The number of nitrogens with one attached hydrogen (secondary N) is 1. The molecule has 1 aliphatic rings. The Morgan fingerprint density at radius 1 is 1.03 bits per heavy atom. The number of unbranched alkanes of at least 4 members (excludes halogenated alkanes) is 2. The normalized spacial score (nSPS) is 14.4. The van der Waals surface area contributed by atoms with E-state index < -0.39 is 17.6 Å². The van der Waals surface area contributed by atoms with E-state index in [9.17, 15) is 22.8 Å². The predicted molar refractivity (Wildman–Crippen MR) is 117 cm³/mol. The maximum atomic E-state index is 13.2. The van der Waals surface area contributed by atoms with Gasteiger partial charge in [-0.3, -0.25) is 9.59 Å². The third-order valence-corrected chi connectivity index (χ3v) is 5.39. The van der Waals surface area contributed by atoms with Crippen molar-refractivity contribution >= 4 is 23.3 Å². The summed E-state index contributed by atoms with van der Waals surface area (Å²) in [5.74, 6) is 0.0303. The van der Waals surface area contributed by atoms with E-state index in [4.69, 9.17) is 0 Å². The number of nitrogens with zero attached hydrogens (tertiary/aromatic N) is 3. The van der Waals surface area contributed by atoms with Gasteiger partial charge in [0.05, 0.1) is 23.0 Å². The van der Waals surface area contributed by atoms with Crippen LogP contribution in [0.3, 0.4) is 0 Å². The fraction of sp³-hybridized carbons (Fsp3) is 0.435. The zero-order chi connectivity index (χ0) is 23.1. The van der Waals surface area contributed by atoms with E-state index in [-0.39, 0.29) is 11.5 Å². The second-order valence-corrected chi connectivity index (χ2v) is 7.73. The van der Waals surface area contributed by atoms with Crippen molar-refractivity contribution in [1.82, 2.24) is 9.88 Å². The second kappa shape index (κ2) is 10.5. The fourth-order valence-corrected chi connectivity index (χ4v) is 3.63. The average Bonchev–Trinajstić information content (AvgIpc) is 2.79. The van der Waals surface area contributed by atoms with Crippen molar-refractivity contribution in [2.45, 2.75) is 38.8 Å². The highest BCUT2D eigenvalue weighted by Gasteiger charge is 2.36. The molecular weight excluding hydrogens is 421 g/mol. The number of hydrogen-bond acceptors (Lipinski definition) is 4. The number of piperazine rings is 1. The van der Waals surface area contributed by atoms with Crippen LogP contribution in [0.15, 0.2) is 42.6 Å². The number of aromatic nitrogens is 1. The van der Waals surface area contributed by atoms with E-state index in [1.807, 2.05) is 4.90 Å². The quantitative estimate of drug-likeness (QED) is 0.630. The SMILES string of the molecule is CCCCCC(=O)Nc1ccc(N2CCN(C(=O)c3ccccc3C(F)(F)F)CC2)nc1. The van der Waals surface area contributed by atoms with Gasteiger partial charge in [-0.15, -0.1) is 0 Å². The first-order chi connectivity index (χ1) is 15.3. The Morgan fingerprint density at radius 2 is 1.75 bits per heavy atom. The van der Waals surface area contributed by atoms with Crippen molar-refractivity contribution in [3.63, 3.8) is 0 Å². The van der Waals surface area contributed by atoms with E-state index in [0.717, 1.165) is 25.3 Å². The molecule has 0 bridgehead atoms. The van der Waals surface area contributed by atoms with Crippen molar-refractivity contribution in [1.29, 1.82) is 0 Å². The molecule has 2 heterocycles. The summed E-state index contributed by atoms with van der Waals surface area (Å²) in [7, 11) is 0. The molecule has 0 radical (unpaired) electrons. The number of hydrogen-bond donors (Lipinski definition) is 1. The Hall–Kier alpha value is -3.10. The molecule has 1 aromatic heterocycles. The lowest BCUT2D eigenvalue weighted by molar-refractivity contribution is -0.138. The summed E-state index contributed by atoms with van der Waals surface area (Å²) < 4.78 is 39.7. The van der Waals surface area contributed by atoms with Gasteiger partial charge in [-0.25, -0.2) is 4.98 Å². The van der Waals surface area contributed by atoms with Crippen LogP contribution in [-0.4, -0.2) is 47.9 Å². The van der Waals surface area contributed by atoms with Gasteiger partial charge in [0.15, 0.2) is 0 Å². The molecule has 1 N–H and O–H groups in total. The molecule has 0 atom stereocenters. The number of anilines is 2. The molecule has 0 unspecified atom stereocenters. The van der Waals surface area contributed by atoms with Gasteiger partial charge in [-0.05, 0) is 30.7 Å². The van der Waals surface area contributed by atoms with E-state index in [1.54, 1.807) is 18.3 Å².